The van der Waals surface area contributed by atoms with Crippen LogP contribution in [0.3, 0.4) is 0 Å². The van der Waals surface area contributed by atoms with Gasteiger partial charge in [-0.2, -0.15) is 0 Å². The monoisotopic (exact) mass is 409 g/mol. The van der Waals surface area contributed by atoms with E-state index in [9.17, 15) is 0 Å². The van der Waals surface area contributed by atoms with Crippen molar-refractivity contribution in [3.8, 4) is 17.0 Å². The molecule has 0 unspecified atom stereocenters. The van der Waals surface area contributed by atoms with Crippen molar-refractivity contribution >= 4 is 28.2 Å². The second-order valence-corrected chi connectivity index (χ2v) is 8.37. The van der Waals surface area contributed by atoms with Gasteiger partial charge in [0.15, 0.2) is 0 Å². The van der Waals surface area contributed by atoms with Crippen molar-refractivity contribution in [2.75, 3.05) is 27.2 Å². The number of ether oxygens (including phenoxy) is 1. The summed E-state index contributed by atoms with van der Waals surface area (Å²) in [5.41, 5.74) is 5.78. The Morgan fingerprint density at radius 2 is 2.00 bits per heavy atom. The van der Waals surface area contributed by atoms with Crippen LogP contribution in [0.4, 0.5) is 0 Å². The van der Waals surface area contributed by atoms with E-state index in [0.29, 0.717) is 5.02 Å². The molecule has 0 radical (unpaired) electrons. The van der Waals surface area contributed by atoms with E-state index in [4.69, 9.17) is 16.3 Å². The average molecular weight is 410 g/mol. The molecule has 2 aromatic heterocycles. The van der Waals surface area contributed by atoms with Gasteiger partial charge in [-0.15, -0.1) is 0 Å². The van der Waals surface area contributed by atoms with Crippen LogP contribution in [0.2, 0.25) is 5.02 Å². The Morgan fingerprint density at radius 3 is 2.72 bits per heavy atom. The first-order valence-electron chi connectivity index (χ1n) is 10.4. The molecule has 29 heavy (non-hydrogen) atoms. The second kappa shape index (κ2) is 9.02. The summed E-state index contributed by atoms with van der Waals surface area (Å²) in [5.74, 6) is 0.906. The van der Waals surface area contributed by atoms with Crippen LogP contribution in [0, 0.1) is 0 Å². The van der Waals surface area contributed by atoms with Gasteiger partial charge in [0, 0.05) is 23.7 Å². The lowest BCUT2D eigenvalue weighted by atomic mass is 9.90. The topological polar surface area (TPSA) is 41.1 Å². The summed E-state index contributed by atoms with van der Waals surface area (Å²) in [6.07, 6.45) is 9.81. The highest BCUT2D eigenvalue weighted by molar-refractivity contribution is 6.31. The van der Waals surface area contributed by atoms with E-state index in [0.717, 1.165) is 60.5 Å². The van der Waals surface area contributed by atoms with E-state index in [1.54, 1.807) is 6.20 Å². The van der Waals surface area contributed by atoms with Crippen LogP contribution in [0.5, 0.6) is 5.75 Å². The van der Waals surface area contributed by atoms with Crippen LogP contribution in [0.25, 0.3) is 27.9 Å². The molecule has 0 amide bonds. The van der Waals surface area contributed by atoms with Crippen molar-refractivity contribution in [1.29, 1.82) is 0 Å². The van der Waals surface area contributed by atoms with E-state index in [2.05, 4.69) is 59.3 Å². The van der Waals surface area contributed by atoms with Crippen molar-refractivity contribution in [2.45, 2.75) is 32.1 Å². The van der Waals surface area contributed by atoms with Crippen LogP contribution in [-0.2, 0) is 0 Å². The van der Waals surface area contributed by atoms with Crippen LogP contribution < -0.4 is 4.74 Å². The fourth-order valence-corrected chi connectivity index (χ4v) is 4.11. The number of benzene rings is 1. The minimum absolute atomic E-state index is 0.669. The summed E-state index contributed by atoms with van der Waals surface area (Å²) in [5, 5.41) is 1.77. The summed E-state index contributed by atoms with van der Waals surface area (Å²) in [6, 6.07) is 10.4. The molecule has 1 aliphatic carbocycles. The first-order valence-corrected chi connectivity index (χ1v) is 10.7. The Hall–Kier alpha value is -2.30. The molecule has 0 saturated heterocycles. The Morgan fingerprint density at radius 1 is 1.17 bits per heavy atom. The van der Waals surface area contributed by atoms with E-state index >= 15 is 0 Å². The van der Waals surface area contributed by atoms with Gasteiger partial charge in [-0.25, -0.2) is 4.98 Å². The largest absolute Gasteiger partial charge is 0.494 e. The fraction of sp³-hybridized carbons (Fsp3) is 0.375. The van der Waals surface area contributed by atoms with Crippen LogP contribution >= 0.6 is 11.6 Å². The van der Waals surface area contributed by atoms with Gasteiger partial charge in [-0.3, -0.25) is 0 Å². The zero-order valence-electron chi connectivity index (χ0n) is 17.2. The molecule has 0 spiro atoms. The maximum absolute atomic E-state index is 6.27. The number of allylic oxidation sites excluding steroid dienone is 2. The normalized spacial score (nSPS) is 14.4. The first kappa shape index (κ1) is 20.0. The van der Waals surface area contributed by atoms with Gasteiger partial charge < -0.3 is 14.6 Å². The molecule has 0 bridgehead atoms. The van der Waals surface area contributed by atoms with Gasteiger partial charge in [0.2, 0.25) is 0 Å². The zero-order valence-corrected chi connectivity index (χ0v) is 17.9. The molecule has 0 saturated carbocycles. The van der Waals surface area contributed by atoms with Gasteiger partial charge in [0.1, 0.15) is 11.4 Å². The molecule has 5 heteroatoms. The summed E-state index contributed by atoms with van der Waals surface area (Å²) >= 11 is 6.27. The number of halogens is 1. The Balaban J connectivity index is 1.64. The number of fused-ring (bicyclic) bond motifs is 1. The molecule has 2 heterocycles. The quantitative estimate of drug-likeness (QED) is 0.474. The average Bonchev–Trinajstić information content (AvgIpc) is 3.10. The van der Waals surface area contributed by atoms with Crippen LogP contribution in [0.15, 0.2) is 42.6 Å². The van der Waals surface area contributed by atoms with Gasteiger partial charge in [-0.1, -0.05) is 17.7 Å². The molecular formula is C24H28ClN3O. The zero-order chi connectivity index (χ0) is 20.2. The predicted molar refractivity (Wildman–Crippen MR) is 122 cm³/mol. The van der Waals surface area contributed by atoms with Crippen molar-refractivity contribution in [2.24, 2.45) is 0 Å². The number of aromatic nitrogens is 2. The Labute approximate surface area is 177 Å². The third-order valence-electron chi connectivity index (χ3n) is 5.39. The first-order chi connectivity index (χ1) is 14.1. The molecule has 1 aliphatic rings. The molecule has 3 aromatic rings. The number of aromatic amines is 1. The molecular weight excluding hydrogens is 382 g/mol. The highest BCUT2D eigenvalue weighted by atomic mass is 35.5. The third kappa shape index (κ3) is 4.65. The lowest BCUT2D eigenvalue weighted by molar-refractivity contribution is 0.281. The summed E-state index contributed by atoms with van der Waals surface area (Å²) in [7, 11) is 4.16. The molecule has 0 atom stereocenters. The fourth-order valence-electron chi connectivity index (χ4n) is 3.95. The van der Waals surface area contributed by atoms with Gasteiger partial charge in [0.05, 0.1) is 17.3 Å². The van der Waals surface area contributed by atoms with Gasteiger partial charge in [0.25, 0.3) is 0 Å². The summed E-state index contributed by atoms with van der Waals surface area (Å²) in [6.45, 7) is 1.76. The van der Waals surface area contributed by atoms with Crippen molar-refractivity contribution in [3.63, 3.8) is 0 Å². The molecule has 4 nitrogen and oxygen atoms in total. The number of H-pyrrole nitrogens is 1. The maximum atomic E-state index is 6.27. The van der Waals surface area contributed by atoms with E-state index in [1.807, 2.05) is 6.07 Å². The maximum Gasteiger partial charge on any atom is 0.138 e. The number of pyridine rings is 1. The number of nitrogens with zero attached hydrogens (tertiary/aromatic N) is 2. The molecule has 1 aromatic carbocycles. The minimum Gasteiger partial charge on any atom is -0.494 e. The number of hydrogen-bond donors (Lipinski definition) is 1. The van der Waals surface area contributed by atoms with Crippen LogP contribution in [0.1, 0.15) is 37.7 Å². The van der Waals surface area contributed by atoms with Gasteiger partial charge in [-0.05, 0) is 87.7 Å². The molecule has 0 fully saturated rings. The van der Waals surface area contributed by atoms with Crippen molar-refractivity contribution in [3.05, 3.63) is 53.2 Å². The van der Waals surface area contributed by atoms with Crippen molar-refractivity contribution in [1.82, 2.24) is 14.9 Å². The number of nitrogens with one attached hydrogen (secondary N) is 1. The van der Waals surface area contributed by atoms with Gasteiger partial charge >= 0.3 is 0 Å². The second-order valence-electron chi connectivity index (χ2n) is 7.93. The van der Waals surface area contributed by atoms with E-state index in [-0.39, 0.29) is 0 Å². The van der Waals surface area contributed by atoms with Crippen LogP contribution in [-0.4, -0.2) is 42.1 Å². The SMILES string of the molecule is CN(C)CCCOc1ccc(-c2[nH]c3ncc(Cl)cc3c2C2=CCCCC2)cc1. The smallest absolute Gasteiger partial charge is 0.138 e. The minimum atomic E-state index is 0.669. The van der Waals surface area contributed by atoms with E-state index < -0.39 is 0 Å². The molecule has 152 valence electrons. The Bertz CT molecular complexity index is 1000. The molecule has 0 aliphatic heterocycles. The summed E-state index contributed by atoms with van der Waals surface area (Å²) in [4.78, 5) is 10.2. The molecule has 1 N–H and O–H groups in total. The third-order valence-corrected chi connectivity index (χ3v) is 5.60. The predicted octanol–water partition coefficient (Wildman–Crippen LogP) is 6.17. The highest BCUT2D eigenvalue weighted by Crippen LogP contribution is 2.39. The lowest BCUT2D eigenvalue weighted by Gasteiger charge is -2.15. The molecule has 4 rings (SSSR count). The standard InChI is InChI=1S/C24H28ClN3O/c1-28(2)13-6-14-29-20-11-9-18(10-12-20)23-22(17-7-4-3-5-8-17)21-15-19(25)16-26-24(21)27-23/h7,9-12,15-16H,3-6,8,13-14H2,1-2H3,(H,26,27). The Kier molecular flexibility index (Phi) is 6.22. The lowest BCUT2D eigenvalue weighted by Crippen LogP contribution is -2.15. The summed E-state index contributed by atoms with van der Waals surface area (Å²) < 4.78 is 5.89. The van der Waals surface area contributed by atoms with E-state index in [1.165, 1.54) is 24.0 Å². The number of rotatable bonds is 7. The van der Waals surface area contributed by atoms with Crippen molar-refractivity contribution < 1.29 is 4.74 Å². The number of hydrogen-bond acceptors (Lipinski definition) is 3. The highest BCUT2D eigenvalue weighted by Gasteiger charge is 2.19.